The van der Waals surface area contributed by atoms with Crippen LogP contribution in [0.15, 0.2) is 48.9 Å². The molecular weight excluding hydrogens is 454 g/mol. The van der Waals surface area contributed by atoms with Gasteiger partial charge in [0.05, 0.1) is 35.0 Å². The van der Waals surface area contributed by atoms with Crippen molar-refractivity contribution in [1.29, 1.82) is 0 Å². The average Bonchev–Trinajstić information content (AvgIpc) is 3.62. The highest BCUT2D eigenvalue weighted by Gasteiger charge is 2.27. The Kier molecular flexibility index (Phi) is 6.92. The van der Waals surface area contributed by atoms with E-state index in [4.69, 9.17) is 4.74 Å². The van der Waals surface area contributed by atoms with Gasteiger partial charge in [0.15, 0.2) is 5.65 Å². The Morgan fingerprint density at radius 3 is 2.69 bits per heavy atom. The van der Waals surface area contributed by atoms with Crippen molar-refractivity contribution >= 4 is 23.1 Å². The zero-order valence-electron chi connectivity index (χ0n) is 20.9. The molecule has 36 heavy (non-hydrogen) atoms. The monoisotopic (exact) mass is 485 g/mol. The number of imidazole rings is 1. The third-order valence-electron chi connectivity index (χ3n) is 6.21. The minimum atomic E-state index is -0.0870. The first-order chi connectivity index (χ1) is 17.5. The van der Waals surface area contributed by atoms with Crippen molar-refractivity contribution in [3.05, 3.63) is 71.4 Å². The lowest BCUT2D eigenvalue weighted by molar-refractivity contribution is 0.0966. The van der Waals surface area contributed by atoms with Gasteiger partial charge in [0, 0.05) is 43.8 Å². The second-order valence-corrected chi connectivity index (χ2v) is 9.28. The number of aryl methyl sites for hydroxylation is 1. The van der Waals surface area contributed by atoms with Crippen LogP contribution in [0.1, 0.15) is 40.2 Å². The standard InChI is InChI=1S/C23H23N7O.C4H8O/c1-14-9-24-12-21-25-11-19(30(14)21)16-7-8-18(22-17(16)10-26-23(22)31)28-20-6-4-5-15(27-20)13-29(2)3;1-2-4-5-3-1/h4-9,11-12H,10,13H2,1-3H3,(H,26,31)(H,27,28);1-4H2. The zero-order chi connectivity index (χ0) is 25.1. The molecule has 1 amide bonds. The van der Waals surface area contributed by atoms with Gasteiger partial charge in [-0.2, -0.15) is 0 Å². The van der Waals surface area contributed by atoms with Crippen molar-refractivity contribution in [2.45, 2.75) is 32.9 Å². The van der Waals surface area contributed by atoms with Gasteiger partial charge in [-0.25, -0.2) is 9.97 Å². The molecule has 0 unspecified atom stereocenters. The van der Waals surface area contributed by atoms with E-state index >= 15 is 0 Å². The van der Waals surface area contributed by atoms with Gasteiger partial charge in [-0.1, -0.05) is 12.1 Å². The molecule has 1 saturated heterocycles. The Hall–Kier alpha value is -3.82. The van der Waals surface area contributed by atoms with Gasteiger partial charge in [-0.3, -0.25) is 14.2 Å². The number of carbonyl (C=O) groups excluding carboxylic acids is 1. The zero-order valence-corrected chi connectivity index (χ0v) is 20.9. The van der Waals surface area contributed by atoms with Gasteiger partial charge >= 0.3 is 0 Å². The second kappa shape index (κ2) is 10.4. The Morgan fingerprint density at radius 1 is 1.11 bits per heavy atom. The van der Waals surface area contributed by atoms with Crippen LogP contribution >= 0.6 is 0 Å². The molecule has 0 aliphatic carbocycles. The molecule has 4 aromatic rings. The highest BCUT2D eigenvalue weighted by molar-refractivity contribution is 6.06. The number of hydrogen-bond acceptors (Lipinski definition) is 7. The molecule has 0 bridgehead atoms. The Bertz CT molecular complexity index is 1380. The highest BCUT2D eigenvalue weighted by atomic mass is 16.5. The van der Waals surface area contributed by atoms with Gasteiger partial charge in [0.1, 0.15) is 5.82 Å². The SMILES string of the molecule is C1CCOC1.Cc1cncc2ncc(-c3ccc(Nc4cccc(CN(C)C)n4)c4c3CNC4=O)n12. The van der Waals surface area contributed by atoms with Crippen LogP contribution in [-0.4, -0.2) is 57.5 Å². The number of anilines is 2. The number of rotatable bonds is 5. The van der Waals surface area contributed by atoms with Gasteiger partial charge in [-0.15, -0.1) is 0 Å². The van der Waals surface area contributed by atoms with Gasteiger partial charge in [0.25, 0.3) is 5.91 Å². The Morgan fingerprint density at radius 2 is 1.94 bits per heavy atom. The maximum absolute atomic E-state index is 12.7. The Labute approximate surface area is 210 Å². The van der Waals surface area contributed by atoms with Crippen LogP contribution in [0, 0.1) is 6.92 Å². The molecule has 6 rings (SSSR count). The molecule has 1 fully saturated rings. The fraction of sp³-hybridized carbons (Fsp3) is 0.333. The molecule has 1 aromatic carbocycles. The lowest BCUT2D eigenvalue weighted by Gasteiger charge is -2.14. The summed E-state index contributed by atoms with van der Waals surface area (Å²) in [5.41, 5.74) is 7.01. The van der Waals surface area contributed by atoms with Crippen molar-refractivity contribution < 1.29 is 9.53 Å². The molecule has 0 spiro atoms. The van der Waals surface area contributed by atoms with Crippen LogP contribution < -0.4 is 10.6 Å². The first kappa shape index (κ1) is 23.9. The van der Waals surface area contributed by atoms with Crippen LogP contribution in [0.2, 0.25) is 0 Å². The first-order valence-electron chi connectivity index (χ1n) is 12.2. The van der Waals surface area contributed by atoms with Crippen LogP contribution in [0.5, 0.6) is 0 Å². The topological polar surface area (TPSA) is 96.7 Å². The maximum Gasteiger partial charge on any atom is 0.254 e. The summed E-state index contributed by atoms with van der Waals surface area (Å²) in [6, 6.07) is 9.85. The van der Waals surface area contributed by atoms with E-state index in [0.29, 0.717) is 17.9 Å². The van der Waals surface area contributed by atoms with Crippen LogP contribution in [0.4, 0.5) is 11.5 Å². The normalized spacial score (nSPS) is 14.5. The quantitative estimate of drug-likeness (QED) is 0.442. The molecule has 186 valence electrons. The van der Waals surface area contributed by atoms with Crippen molar-refractivity contribution in [3.8, 4) is 11.3 Å². The number of nitrogens with zero attached hydrogens (tertiary/aromatic N) is 5. The minimum absolute atomic E-state index is 0.0870. The predicted octanol–water partition coefficient (Wildman–Crippen LogP) is 3.95. The second-order valence-electron chi connectivity index (χ2n) is 9.28. The predicted molar refractivity (Wildman–Crippen MR) is 139 cm³/mol. The summed E-state index contributed by atoms with van der Waals surface area (Å²) in [5, 5.41) is 6.31. The number of hydrogen-bond donors (Lipinski definition) is 2. The van der Waals surface area contributed by atoms with E-state index in [9.17, 15) is 4.79 Å². The number of aromatic nitrogens is 4. The van der Waals surface area contributed by atoms with E-state index in [0.717, 1.165) is 59.3 Å². The number of nitrogens with one attached hydrogen (secondary N) is 2. The lowest BCUT2D eigenvalue weighted by Crippen LogP contribution is -2.14. The molecule has 2 aliphatic rings. The van der Waals surface area contributed by atoms with Crippen LogP contribution in [0.25, 0.3) is 16.9 Å². The van der Waals surface area contributed by atoms with E-state index < -0.39 is 0 Å². The minimum Gasteiger partial charge on any atom is -0.381 e. The van der Waals surface area contributed by atoms with E-state index in [1.54, 1.807) is 6.20 Å². The number of pyridine rings is 1. The van der Waals surface area contributed by atoms with E-state index in [1.165, 1.54) is 12.8 Å². The molecule has 0 radical (unpaired) electrons. The van der Waals surface area contributed by atoms with Crippen molar-refractivity contribution in [3.63, 3.8) is 0 Å². The van der Waals surface area contributed by atoms with Gasteiger partial charge < -0.3 is 20.3 Å². The summed E-state index contributed by atoms with van der Waals surface area (Å²) in [6.07, 6.45) is 7.94. The summed E-state index contributed by atoms with van der Waals surface area (Å²) in [5.74, 6) is 0.627. The third-order valence-corrected chi connectivity index (χ3v) is 6.21. The summed E-state index contributed by atoms with van der Waals surface area (Å²) in [7, 11) is 4.02. The lowest BCUT2D eigenvalue weighted by atomic mass is 9.99. The van der Waals surface area contributed by atoms with Crippen LogP contribution in [-0.2, 0) is 17.8 Å². The molecule has 5 heterocycles. The fourth-order valence-electron chi connectivity index (χ4n) is 4.59. The number of carbonyl (C=O) groups is 1. The molecular formula is C27H31N7O2. The average molecular weight is 486 g/mol. The van der Waals surface area contributed by atoms with E-state index in [1.807, 2.05) is 63.7 Å². The maximum atomic E-state index is 12.7. The molecule has 3 aromatic heterocycles. The van der Waals surface area contributed by atoms with Gasteiger partial charge in [-0.05, 0) is 57.6 Å². The molecule has 2 aliphatic heterocycles. The van der Waals surface area contributed by atoms with Crippen LogP contribution in [0.3, 0.4) is 0 Å². The summed E-state index contributed by atoms with van der Waals surface area (Å²) < 4.78 is 7.00. The van der Waals surface area contributed by atoms with E-state index in [2.05, 4.69) is 34.9 Å². The third kappa shape index (κ3) is 4.93. The summed E-state index contributed by atoms with van der Waals surface area (Å²) in [6.45, 7) is 5.22. The van der Waals surface area contributed by atoms with Gasteiger partial charge in [0.2, 0.25) is 0 Å². The highest BCUT2D eigenvalue weighted by Crippen LogP contribution is 2.35. The molecule has 9 heteroatoms. The first-order valence-corrected chi connectivity index (χ1v) is 12.2. The van der Waals surface area contributed by atoms with Crippen molar-refractivity contribution in [2.75, 3.05) is 32.6 Å². The number of ether oxygens (including phenoxy) is 1. The number of amides is 1. The summed E-state index contributed by atoms with van der Waals surface area (Å²) in [4.78, 5) is 28.2. The Balaban J connectivity index is 0.000000477. The van der Waals surface area contributed by atoms with E-state index in [-0.39, 0.29) is 5.91 Å². The smallest absolute Gasteiger partial charge is 0.254 e. The molecule has 2 N–H and O–H groups in total. The largest absolute Gasteiger partial charge is 0.381 e. The molecule has 0 atom stereocenters. The van der Waals surface area contributed by atoms with Crippen molar-refractivity contribution in [1.82, 2.24) is 29.6 Å². The molecule has 0 saturated carbocycles. The number of fused-ring (bicyclic) bond motifs is 2. The number of benzene rings is 1. The molecule has 9 nitrogen and oxygen atoms in total. The fourth-order valence-corrected chi connectivity index (χ4v) is 4.59. The summed E-state index contributed by atoms with van der Waals surface area (Å²) >= 11 is 0. The van der Waals surface area contributed by atoms with Crippen molar-refractivity contribution in [2.24, 2.45) is 0 Å².